The quantitative estimate of drug-likeness (QED) is 0.359. The van der Waals surface area contributed by atoms with Gasteiger partial charge >= 0.3 is 5.97 Å². The lowest BCUT2D eigenvalue weighted by atomic mass is 9.93. The fourth-order valence-corrected chi connectivity index (χ4v) is 5.08. The van der Waals surface area contributed by atoms with Gasteiger partial charge in [0, 0.05) is 41.7 Å². The number of β-amino-alcohol motifs (C(OH)–C–C–N with tert-alkyl or cyclic N) is 1. The van der Waals surface area contributed by atoms with Crippen LogP contribution in [0.3, 0.4) is 0 Å². The summed E-state index contributed by atoms with van der Waals surface area (Å²) in [6.07, 6.45) is 4.93. The first kappa shape index (κ1) is 28.4. The summed E-state index contributed by atoms with van der Waals surface area (Å²) < 4.78 is 6.67. The van der Waals surface area contributed by atoms with Crippen molar-refractivity contribution in [1.29, 1.82) is 0 Å². The molecule has 0 aromatic carbocycles. The Kier molecular flexibility index (Phi) is 7.94. The molecule has 1 fully saturated rings. The van der Waals surface area contributed by atoms with Crippen LogP contribution in [0.2, 0.25) is 0 Å². The number of nitrogens with one attached hydrogen (secondary N) is 1. The van der Waals surface area contributed by atoms with Crippen LogP contribution < -0.4 is 15.8 Å². The van der Waals surface area contributed by atoms with E-state index in [-0.39, 0.29) is 22.5 Å². The first-order chi connectivity index (χ1) is 18.2. The number of rotatable bonds is 5. The highest BCUT2D eigenvalue weighted by atomic mass is 32.1. The molecule has 4 heterocycles. The van der Waals surface area contributed by atoms with Crippen LogP contribution >= 0.6 is 11.3 Å². The summed E-state index contributed by atoms with van der Waals surface area (Å²) in [5.41, 5.74) is 0.444. The average molecular weight is 554 g/mol. The zero-order valence-electron chi connectivity index (χ0n) is 23.1. The molecule has 4 rings (SSSR count). The molecule has 1 amide bonds. The van der Waals surface area contributed by atoms with Gasteiger partial charge in [-0.1, -0.05) is 20.8 Å². The van der Waals surface area contributed by atoms with Gasteiger partial charge in [0.15, 0.2) is 5.13 Å². The third-order valence-corrected chi connectivity index (χ3v) is 6.85. The van der Waals surface area contributed by atoms with Crippen LogP contribution in [-0.2, 0) is 14.9 Å². The zero-order chi connectivity index (χ0) is 28.5. The van der Waals surface area contributed by atoms with Crippen molar-refractivity contribution in [3.05, 3.63) is 57.0 Å². The van der Waals surface area contributed by atoms with Crippen molar-refractivity contribution in [2.75, 3.05) is 23.3 Å². The number of nitrogens with zero attached hydrogens (tertiary/aromatic N) is 4. The molecule has 1 saturated heterocycles. The van der Waals surface area contributed by atoms with Gasteiger partial charge < -0.3 is 14.7 Å². The maximum atomic E-state index is 13.6. The number of aliphatic hydroxyl groups is 1. The Balaban J connectivity index is 1.71. The van der Waals surface area contributed by atoms with Crippen molar-refractivity contribution in [3.63, 3.8) is 0 Å². The van der Waals surface area contributed by atoms with E-state index in [2.05, 4.69) is 31.1 Å². The summed E-state index contributed by atoms with van der Waals surface area (Å²) in [6.45, 7) is 12.3. The highest BCUT2D eigenvalue weighted by Gasteiger charge is 2.24. The Morgan fingerprint density at radius 1 is 1.21 bits per heavy atom. The van der Waals surface area contributed by atoms with Crippen LogP contribution in [0, 0.1) is 0 Å². The molecule has 3 aromatic rings. The number of pyridine rings is 1. The van der Waals surface area contributed by atoms with Crippen LogP contribution in [0.4, 0.5) is 10.9 Å². The second-order valence-electron chi connectivity index (χ2n) is 11.6. The summed E-state index contributed by atoms with van der Waals surface area (Å²) in [5.74, 6) is -0.614. The van der Waals surface area contributed by atoms with Crippen LogP contribution in [0.25, 0.3) is 11.7 Å². The summed E-state index contributed by atoms with van der Waals surface area (Å²) >= 11 is 1.35. The first-order valence-corrected chi connectivity index (χ1v) is 13.8. The van der Waals surface area contributed by atoms with Crippen molar-refractivity contribution in [3.8, 4) is 0 Å². The molecule has 0 aliphatic carbocycles. The number of thiazole rings is 1. The Labute approximate surface area is 231 Å². The highest BCUT2D eigenvalue weighted by molar-refractivity contribution is 7.14. The molecule has 1 atom stereocenters. The predicted octanol–water partition coefficient (Wildman–Crippen LogP) is 4.02. The van der Waals surface area contributed by atoms with E-state index in [4.69, 9.17) is 9.72 Å². The second-order valence-corrected chi connectivity index (χ2v) is 12.5. The minimum atomic E-state index is -0.679. The molecule has 11 heteroatoms. The van der Waals surface area contributed by atoms with Crippen LogP contribution in [-0.4, -0.2) is 56.1 Å². The number of piperidine rings is 1. The number of esters is 1. The third kappa shape index (κ3) is 6.90. The molecule has 208 valence electrons. The maximum absolute atomic E-state index is 13.6. The van der Waals surface area contributed by atoms with Crippen LogP contribution in [0.1, 0.15) is 76.0 Å². The number of fused-ring (bicyclic) bond motifs is 1. The topological polar surface area (TPSA) is 126 Å². The molecular formula is C28H35N5O5S. The van der Waals surface area contributed by atoms with Gasteiger partial charge in [-0.25, -0.2) is 14.8 Å². The lowest BCUT2D eigenvalue weighted by Crippen LogP contribution is -2.40. The molecule has 3 aromatic heterocycles. The van der Waals surface area contributed by atoms with Crippen molar-refractivity contribution >= 4 is 45.9 Å². The summed E-state index contributed by atoms with van der Waals surface area (Å²) in [7, 11) is 0. The number of amides is 1. The predicted molar refractivity (Wildman–Crippen MR) is 153 cm³/mol. The Morgan fingerprint density at radius 2 is 1.95 bits per heavy atom. The third-order valence-electron chi connectivity index (χ3n) is 6.09. The number of carbonyl (C=O) groups is 2. The van der Waals surface area contributed by atoms with Gasteiger partial charge in [0.1, 0.15) is 17.1 Å². The molecule has 1 aliphatic rings. The van der Waals surface area contributed by atoms with Crippen molar-refractivity contribution in [2.24, 2.45) is 0 Å². The molecule has 1 unspecified atom stereocenters. The average Bonchev–Trinajstić information content (AvgIpc) is 3.31. The summed E-state index contributed by atoms with van der Waals surface area (Å²) in [6, 6.07) is 3.08. The van der Waals surface area contributed by atoms with E-state index in [0.717, 1.165) is 12.1 Å². The minimum Gasteiger partial charge on any atom is -0.457 e. The van der Waals surface area contributed by atoms with Gasteiger partial charge in [-0.15, -0.1) is 11.3 Å². The summed E-state index contributed by atoms with van der Waals surface area (Å²) in [4.78, 5) is 50.0. The van der Waals surface area contributed by atoms with E-state index >= 15 is 0 Å². The largest absolute Gasteiger partial charge is 0.457 e. The number of carbonyl (C=O) groups excluding carboxylic acids is 2. The number of ether oxygens (including phenoxy) is 1. The lowest BCUT2D eigenvalue weighted by Gasteiger charge is -2.32. The monoisotopic (exact) mass is 553 g/mol. The van der Waals surface area contributed by atoms with E-state index in [1.54, 1.807) is 26.8 Å². The van der Waals surface area contributed by atoms with Gasteiger partial charge in [0.05, 0.1) is 17.4 Å². The van der Waals surface area contributed by atoms with E-state index in [9.17, 15) is 19.5 Å². The second kappa shape index (κ2) is 10.9. The van der Waals surface area contributed by atoms with E-state index in [1.165, 1.54) is 40.2 Å². The number of aliphatic hydroxyl groups excluding tert-OH is 1. The molecule has 10 nitrogen and oxygen atoms in total. The fraction of sp³-hybridized carbons (Fsp3) is 0.464. The number of aromatic nitrogens is 3. The molecular weight excluding hydrogens is 518 g/mol. The lowest BCUT2D eigenvalue weighted by molar-refractivity contribution is -0.148. The summed E-state index contributed by atoms with van der Waals surface area (Å²) in [5, 5.41) is 15.5. The number of anilines is 2. The molecule has 0 bridgehead atoms. The molecule has 39 heavy (non-hydrogen) atoms. The van der Waals surface area contributed by atoms with E-state index in [1.807, 2.05) is 10.3 Å². The Bertz CT molecular complexity index is 1480. The number of hydrogen-bond acceptors (Lipinski definition) is 9. The van der Waals surface area contributed by atoms with Crippen LogP contribution in [0.15, 0.2) is 34.6 Å². The minimum absolute atomic E-state index is 0.137. The molecule has 0 spiro atoms. The van der Waals surface area contributed by atoms with E-state index < -0.39 is 23.2 Å². The number of hydrogen-bond donors (Lipinski definition) is 2. The normalized spacial score (nSPS) is 16.6. The van der Waals surface area contributed by atoms with Crippen molar-refractivity contribution < 1.29 is 19.4 Å². The first-order valence-electron chi connectivity index (χ1n) is 12.9. The van der Waals surface area contributed by atoms with Crippen molar-refractivity contribution in [2.45, 2.75) is 71.5 Å². The van der Waals surface area contributed by atoms with Gasteiger partial charge in [-0.3, -0.25) is 19.3 Å². The molecule has 0 radical (unpaired) electrons. The Hall–Kier alpha value is -3.57. The SMILES string of the molecule is CC(C)(C)OC(=O)/C=C/c1c(N2CCCC(O)C2)nc2cc(C(=O)Nc3nc(C(C)(C)C)cs3)ccn2c1=O. The zero-order valence-corrected chi connectivity index (χ0v) is 24.0. The van der Waals surface area contributed by atoms with Crippen molar-refractivity contribution in [1.82, 2.24) is 14.4 Å². The van der Waals surface area contributed by atoms with Crippen LogP contribution in [0.5, 0.6) is 0 Å². The highest BCUT2D eigenvalue weighted by Crippen LogP contribution is 2.27. The van der Waals surface area contributed by atoms with Gasteiger partial charge in [0.25, 0.3) is 11.5 Å². The van der Waals surface area contributed by atoms with E-state index in [0.29, 0.717) is 36.0 Å². The fourth-order valence-electron chi connectivity index (χ4n) is 4.15. The maximum Gasteiger partial charge on any atom is 0.331 e. The molecule has 0 saturated carbocycles. The van der Waals surface area contributed by atoms with Gasteiger partial charge in [-0.2, -0.15) is 0 Å². The molecule has 2 N–H and O–H groups in total. The van der Waals surface area contributed by atoms with Gasteiger partial charge in [0.2, 0.25) is 0 Å². The molecule has 1 aliphatic heterocycles. The smallest absolute Gasteiger partial charge is 0.331 e. The van der Waals surface area contributed by atoms with Gasteiger partial charge in [-0.05, 0) is 51.8 Å². The standard InChI is InChI=1S/C28H35N5O5S/c1-27(2,3)20-16-39-26(29-20)31-24(36)17-11-13-33-21(14-17)30-23(32-12-7-8-18(34)15-32)19(25(33)37)9-10-22(35)38-28(4,5)6/h9-11,13-14,16,18,34H,7-8,12,15H2,1-6H3,(H,29,31,36)/b10-9+. The Morgan fingerprint density at radius 3 is 2.59 bits per heavy atom.